The van der Waals surface area contributed by atoms with Crippen LogP contribution in [0.25, 0.3) is 11.0 Å². The van der Waals surface area contributed by atoms with E-state index in [0.717, 1.165) is 21.9 Å². The van der Waals surface area contributed by atoms with Crippen LogP contribution in [0.2, 0.25) is 0 Å². The second-order valence-corrected chi connectivity index (χ2v) is 7.26. The number of nitrogens with zero attached hydrogens (tertiary/aromatic N) is 4. The van der Waals surface area contributed by atoms with E-state index in [1.54, 1.807) is 6.08 Å². The number of para-hydroxylation sites is 2. The largest absolute Gasteiger partial charge is 0.315 e. The Morgan fingerprint density at radius 3 is 2.96 bits per heavy atom. The van der Waals surface area contributed by atoms with Gasteiger partial charge in [0.15, 0.2) is 16.9 Å². The number of Topliss-reactive ketones (excluding diaryl/α,β-unsaturated/α-hetero) is 1. The number of rotatable bonds is 7. The van der Waals surface area contributed by atoms with Crippen molar-refractivity contribution < 1.29 is 4.79 Å². The van der Waals surface area contributed by atoms with Gasteiger partial charge >= 0.3 is 0 Å². The average molecular weight is 368 g/mol. The van der Waals surface area contributed by atoms with E-state index >= 15 is 0 Å². The predicted molar refractivity (Wildman–Crippen MR) is 101 cm³/mol. The van der Waals surface area contributed by atoms with Crippen molar-refractivity contribution in [3.05, 3.63) is 53.0 Å². The number of fused-ring (bicyclic) bond motifs is 1. The highest BCUT2D eigenvalue weighted by Gasteiger charge is 2.24. The lowest BCUT2D eigenvalue weighted by atomic mass is 10.1. The van der Waals surface area contributed by atoms with Gasteiger partial charge < -0.3 is 4.57 Å². The molecule has 1 aromatic carbocycles. The van der Waals surface area contributed by atoms with Gasteiger partial charge in [-0.25, -0.2) is 9.97 Å². The van der Waals surface area contributed by atoms with E-state index in [-0.39, 0.29) is 11.5 Å². The Bertz CT molecular complexity index is 967. The van der Waals surface area contributed by atoms with Gasteiger partial charge in [0.2, 0.25) is 0 Å². The molecule has 0 fully saturated rings. The second kappa shape index (κ2) is 7.64. The minimum atomic E-state index is -0.816. The van der Waals surface area contributed by atoms with E-state index in [0.29, 0.717) is 11.6 Å². The smallest absolute Gasteiger partial charge is 0.169 e. The quantitative estimate of drug-likeness (QED) is 0.466. The molecule has 0 aliphatic carbocycles. The molecule has 0 radical (unpaired) electrons. The molecule has 0 saturated carbocycles. The van der Waals surface area contributed by atoms with Gasteiger partial charge in [-0.2, -0.15) is 5.26 Å². The summed E-state index contributed by atoms with van der Waals surface area (Å²) < 4.78 is 2.02. The SMILES string of the molecule is C=CCn1c(SCC(=O)[C@@H](C#N)c2nc(C)cs2)nc2ccccc21. The molecule has 0 aliphatic heterocycles. The molecular weight excluding hydrogens is 352 g/mol. The molecular formula is C18H16N4OS2. The van der Waals surface area contributed by atoms with E-state index in [1.807, 2.05) is 41.1 Å². The first-order valence-corrected chi connectivity index (χ1v) is 9.54. The summed E-state index contributed by atoms with van der Waals surface area (Å²) in [5.41, 5.74) is 2.71. The Hall–Kier alpha value is -2.43. The summed E-state index contributed by atoms with van der Waals surface area (Å²) in [6, 6.07) is 9.90. The maximum atomic E-state index is 12.5. The third kappa shape index (κ3) is 3.65. The maximum Gasteiger partial charge on any atom is 0.169 e. The van der Waals surface area contributed by atoms with E-state index in [9.17, 15) is 10.1 Å². The number of carbonyl (C=O) groups excluding carboxylic acids is 1. The number of carbonyl (C=O) groups is 1. The van der Waals surface area contributed by atoms with Gasteiger partial charge in [0, 0.05) is 17.6 Å². The normalized spacial score (nSPS) is 12.0. The number of hydrogen-bond donors (Lipinski definition) is 0. The van der Waals surface area contributed by atoms with Crippen LogP contribution in [0.15, 0.2) is 47.5 Å². The van der Waals surface area contributed by atoms with Gasteiger partial charge in [-0.05, 0) is 19.1 Å². The Labute approximate surface area is 154 Å². The Morgan fingerprint density at radius 2 is 2.28 bits per heavy atom. The fraction of sp³-hybridized carbons (Fsp3) is 0.222. The fourth-order valence-corrected chi connectivity index (χ4v) is 4.25. The highest BCUT2D eigenvalue weighted by Crippen LogP contribution is 2.27. The number of aromatic nitrogens is 3. The predicted octanol–water partition coefficient (Wildman–Crippen LogP) is 3.96. The Kier molecular flexibility index (Phi) is 5.31. The molecule has 5 nitrogen and oxygen atoms in total. The van der Waals surface area contributed by atoms with Crippen molar-refractivity contribution in [1.82, 2.24) is 14.5 Å². The first-order valence-electron chi connectivity index (χ1n) is 7.67. The summed E-state index contributed by atoms with van der Waals surface area (Å²) in [6.07, 6.45) is 1.80. The molecule has 25 heavy (non-hydrogen) atoms. The topological polar surface area (TPSA) is 71.6 Å². The minimum Gasteiger partial charge on any atom is -0.315 e. The van der Waals surface area contributed by atoms with Crippen molar-refractivity contribution in [2.45, 2.75) is 24.5 Å². The molecule has 2 aromatic heterocycles. The van der Waals surface area contributed by atoms with Gasteiger partial charge in [0.1, 0.15) is 5.01 Å². The number of hydrogen-bond acceptors (Lipinski definition) is 6. The number of thiazole rings is 1. The molecule has 0 unspecified atom stereocenters. The third-order valence-corrected chi connectivity index (χ3v) is 5.64. The minimum absolute atomic E-state index is 0.154. The van der Waals surface area contributed by atoms with Gasteiger partial charge in [-0.1, -0.05) is 30.0 Å². The van der Waals surface area contributed by atoms with Gasteiger partial charge in [-0.3, -0.25) is 4.79 Å². The van der Waals surface area contributed by atoms with E-state index in [1.165, 1.54) is 23.1 Å². The molecule has 0 bridgehead atoms. The summed E-state index contributed by atoms with van der Waals surface area (Å²) >= 11 is 2.70. The zero-order valence-corrected chi connectivity index (χ0v) is 15.3. The number of nitriles is 1. The summed E-state index contributed by atoms with van der Waals surface area (Å²) in [4.78, 5) is 21.4. The Balaban J connectivity index is 1.80. The van der Waals surface area contributed by atoms with Crippen molar-refractivity contribution in [3.63, 3.8) is 0 Å². The van der Waals surface area contributed by atoms with E-state index in [2.05, 4.69) is 22.6 Å². The number of ketones is 1. The van der Waals surface area contributed by atoms with E-state index < -0.39 is 5.92 Å². The molecule has 2 heterocycles. The summed E-state index contributed by atoms with van der Waals surface area (Å²) in [6.45, 7) is 6.26. The number of benzene rings is 1. The maximum absolute atomic E-state index is 12.5. The lowest BCUT2D eigenvalue weighted by Crippen LogP contribution is -2.13. The van der Waals surface area contributed by atoms with Crippen LogP contribution in [-0.2, 0) is 11.3 Å². The zero-order valence-electron chi connectivity index (χ0n) is 13.7. The molecule has 1 atom stereocenters. The molecule has 0 spiro atoms. The van der Waals surface area contributed by atoms with Crippen LogP contribution in [-0.4, -0.2) is 26.1 Å². The lowest BCUT2D eigenvalue weighted by molar-refractivity contribution is -0.116. The fourth-order valence-electron chi connectivity index (χ4n) is 2.46. The average Bonchev–Trinajstić information content (AvgIpc) is 3.18. The van der Waals surface area contributed by atoms with Crippen LogP contribution in [0, 0.1) is 18.3 Å². The molecule has 7 heteroatoms. The van der Waals surface area contributed by atoms with Crippen molar-refractivity contribution in [2.24, 2.45) is 0 Å². The highest BCUT2D eigenvalue weighted by atomic mass is 32.2. The zero-order chi connectivity index (χ0) is 17.8. The van der Waals surface area contributed by atoms with Crippen molar-refractivity contribution in [1.29, 1.82) is 5.26 Å². The lowest BCUT2D eigenvalue weighted by Gasteiger charge is -2.07. The number of aryl methyl sites for hydroxylation is 1. The molecule has 0 aliphatic rings. The van der Waals surface area contributed by atoms with Crippen LogP contribution in [0.3, 0.4) is 0 Å². The van der Waals surface area contributed by atoms with Crippen LogP contribution in [0.1, 0.15) is 16.6 Å². The monoisotopic (exact) mass is 368 g/mol. The van der Waals surface area contributed by atoms with Crippen LogP contribution >= 0.6 is 23.1 Å². The van der Waals surface area contributed by atoms with Gasteiger partial charge in [0.05, 0.1) is 22.9 Å². The van der Waals surface area contributed by atoms with Crippen molar-refractivity contribution in [3.8, 4) is 6.07 Å². The molecule has 126 valence electrons. The molecule has 0 N–H and O–H groups in total. The number of allylic oxidation sites excluding steroid dienone is 1. The standard InChI is InChI=1S/C18H16N4OS2/c1-3-8-22-15-7-5-4-6-14(15)21-18(22)25-11-16(23)13(9-19)17-20-12(2)10-24-17/h3-7,10,13H,1,8,11H2,2H3/t13-/m1/s1. The first kappa shape index (κ1) is 17.4. The second-order valence-electron chi connectivity index (χ2n) is 5.43. The molecule has 3 aromatic rings. The molecule has 0 amide bonds. The molecule has 3 rings (SSSR count). The first-order chi connectivity index (χ1) is 12.1. The van der Waals surface area contributed by atoms with Crippen LogP contribution < -0.4 is 0 Å². The van der Waals surface area contributed by atoms with Gasteiger partial charge in [-0.15, -0.1) is 17.9 Å². The number of imidazole rings is 1. The summed E-state index contributed by atoms with van der Waals surface area (Å²) in [7, 11) is 0. The van der Waals surface area contributed by atoms with Crippen LogP contribution in [0.4, 0.5) is 0 Å². The Morgan fingerprint density at radius 1 is 1.48 bits per heavy atom. The van der Waals surface area contributed by atoms with Gasteiger partial charge in [0.25, 0.3) is 0 Å². The van der Waals surface area contributed by atoms with Crippen molar-refractivity contribution >= 4 is 39.9 Å². The summed E-state index contributed by atoms with van der Waals surface area (Å²) in [5.74, 6) is -0.792. The third-order valence-electron chi connectivity index (χ3n) is 3.61. The highest BCUT2D eigenvalue weighted by molar-refractivity contribution is 7.99. The van der Waals surface area contributed by atoms with Crippen molar-refractivity contribution in [2.75, 3.05) is 5.75 Å². The summed E-state index contributed by atoms with van der Waals surface area (Å²) in [5, 5.41) is 12.5. The van der Waals surface area contributed by atoms with Crippen LogP contribution in [0.5, 0.6) is 0 Å². The van der Waals surface area contributed by atoms with E-state index in [4.69, 9.17) is 0 Å². The number of thioether (sulfide) groups is 1. The molecule has 0 saturated heterocycles.